The van der Waals surface area contributed by atoms with Gasteiger partial charge in [-0.2, -0.15) is 18.3 Å². The molecular weight excluding hydrogens is 405 g/mol. The zero-order valence-corrected chi connectivity index (χ0v) is 17.0. The van der Waals surface area contributed by atoms with Crippen molar-refractivity contribution in [3.05, 3.63) is 53.2 Å². The Morgan fingerprint density at radius 2 is 1.55 bits per heavy atom. The highest BCUT2D eigenvalue weighted by Gasteiger charge is 2.38. The number of hydrogen-bond donors (Lipinski definition) is 1. The fourth-order valence-electron chi connectivity index (χ4n) is 3.31. The monoisotopic (exact) mass is 424 g/mol. The Labute approximate surface area is 166 Å². The second-order valence-electron chi connectivity index (χ2n) is 6.76. The summed E-state index contributed by atoms with van der Waals surface area (Å²) >= 11 is 0. The second kappa shape index (κ2) is 7.22. The van der Waals surface area contributed by atoms with Crippen molar-refractivity contribution in [3.63, 3.8) is 0 Å². The van der Waals surface area contributed by atoms with Gasteiger partial charge in [0.05, 0.1) is 12.0 Å². The lowest BCUT2D eigenvalue weighted by Gasteiger charge is -2.14. The van der Waals surface area contributed by atoms with Crippen molar-refractivity contribution in [2.24, 2.45) is 0 Å². The predicted octanol–water partition coefficient (Wildman–Crippen LogP) is 4.79. The molecule has 1 N–H and O–H groups in total. The van der Waals surface area contributed by atoms with E-state index >= 15 is 0 Å². The smallest absolute Gasteiger partial charge is 0.433 e. The zero-order valence-electron chi connectivity index (χ0n) is 16.2. The van der Waals surface area contributed by atoms with Crippen LogP contribution in [0.3, 0.4) is 0 Å². The number of alkyl halides is 3. The molecule has 154 valence electrons. The van der Waals surface area contributed by atoms with Gasteiger partial charge in [-0.3, -0.25) is 5.10 Å². The molecule has 1 heterocycles. The molecule has 9 heteroatoms. The number of methoxy groups -OCH3 is 1. The van der Waals surface area contributed by atoms with E-state index in [2.05, 4.69) is 10.2 Å². The summed E-state index contributed by atoms with van der Waals surface area (Å²) in [5.41, 5.74) is 1.10. The van der Waals surface area contributed by atoms with E-state index in [4.69, 9.17) is 4.74 Å². The van der Waals surface area contributed by atoms with E-state index in [0.717, 1.165) is 6.26 Å². The number of benzene rings is 2. The molecule has 2 aromatic carbocycles. The minimum atomic E-state index is -4.64. The third-order valence-corrected chi connectivity index (χ3v) is 5.69. The topological polar surface area (TPSA) is 72.1 Å². The average molecular weight is 424 g/mol. The Morgan fingerprint density at radius 1 is 1.00 bits per heavy atom. The van der Waals surface area contributed by atoms with Gasteiger partial charge in [0.25, 0.3) is 0 Å². The number of rotatable bonds is 4. The molecule has 0 spiro atoms. The van der Waals surface area contributed by atoms with Crippen molar-refractivity contribution in [1.82, 2.24) is 10.2 Å². The largest absolute Gasteiger partial charge is 0.496 e. The van der Waals surface area contributed by atoms with Crippen molar-refractivity contribution in [3.8, 4) is 28.1 Å². The number of nitrogens with one attached hydrogen (secondary N) is 1. The van der Waals surface area contributed by atoms with Crippen LogP contribution in [0.1, 0.15) is 16.8 Å². The van der Waals surface area contributed by atoms with Crippen molar-refractivity contribution >= 4 is 9.84 Å². The Morgan fingerprint density at radius 3 is 2.00 bits per heavy atom. The number of aryl methyl sites for hydroxylation is 2. The highest BCUT2D eigenvalue weighted by molar-refractivity contribution is 7.90. The van der Waals surface area contributed by atoms with Crippen LogP contribution < -0.4 is 4.74 Å². The van der Waals surface area contributed by atoms with Crippen LogP contribution in [0.4, 0.5) is 13.2 Å². The van der Waals surface area contributed by atoms with Crippen LogP contribution in [0.25, 0.3) is 22.4 Å². The molecule has 0 saturated carbocycles. The minimum absolute atomic E-state index is 0.0746. The maximum atomic E-state index is 13.7. The lowest BCUT2D eigenvalue weighted by Crippen LogP contribution is -2.07. The van der Waals surface area contributed by atoms with Crippen LogP contribution in [-0.2, 0) is 16.0 Å². The van der Waals surface area contributed by atoms with Crippen molar-refractivity contribution in [2.75, 3.05) is 13.4 Å². The van der Waals surface area contributed by atoms with Gasteiger partial charge in [0.2, 0.25) is 0 Å². The van der Waals surface area contributed by atoms with Gasteiger partial charge in [0.15, 0.2) is 9.84 Å². The molecule has 0 bridgehead atoms. The highest BCUT2D eigenvalue weighted by atomic mass is 32.2. The Balaban J connectivity index is 2.25. The molecule has 0 amide bonds. The van der Waals surface area contributed by atoms with Crippen LogP contribution in [-0.4, -0.2) is 32.0 Å². The van der Waals surface area contributed by atoms with Gasteiger partial charge in [0.1, 0.15) is 17.1 Å². The van der Waals surface area contributed by atoms with E-state index in [1.54, 1.807) is 26.0 Å². The summed E-state index contributed by atoms with van der Waals surface area (Å²) in [4.78, 5) is 0.0746. The molecule has 0 aliphatic heterocycles. The molecule has 0 atom stereocenters. The molecule has 5 nitrogen and oxygen atoms in total. The third kappa shape index (κ3) is 4.00. The van der Waals surface area contributed by atoms with Crippen LogP contribution in [0.15, 0.2) is 41.3 Å². The van der Waals surface area contributed by atoms with Gasteiger partial charge >= 0.3 is 6.18 Å². The molecule has 0 aliphatic carbocycles. The second-order valence-corrected chi connectivity index (χ2v) is 8.78. The number of hydrogen-bond acceptors (Lipinski definition) is 4. The quantitative estimate of drug-likeness (QED) is 0.654. The van der Waals surface area contributed by atoms with Crippen molar-refractivity contribution < 1.29 is 26.3 Å². The lowest BCUT2D eigenvalue weighted by atomic mass is 9.95. The highest BCUT2D eigenvalue weighted by Crippen LogP contribution is 2.42. The van der Waals surface area contributed by atoms with Crippen LogP contribution >= 0.6 is 0 Å². The van der Waals surface area contributed by atoms with Gasteiger partial charge in [0, 0.05) is 17.4 Å². The normalized spacial score (nSPS) is 12.2. The zero-order chi connectivity index (χ0) is 21.6. The van der Waals surface area contributed by atoms with E-state index < -0.39 is 21.7 Å². The number of H-pyrrole nitrogens is 1. The summed E-state index contributed by atoms with van der Waals surface area (Å²) in [5.74, 6) is 0.602. The summed E-state index contributed by atoms with van der Waals surface area (Å²) in [6.07, 6.45) is -3.58. The van der Waals surface area contributed by atoms with Gasteiger partial charge < -0.3 is 4.74 Å². The van der Waals surface area contributed by atoms with Gasteiger partial charge in [-0.05, 0) is 54.8 Å². The fourth-order valence-corrected chi connectivity index (χ4v) is 3.94. The molecule has 29 heavy (non-hydrogen) atoms. The molecule has 0 aliphatic rings. The van der Waals surface area contributed by atoms with E-state index in [0.29, 0.717) is 28.0 Å². The number of sulfone groups is 1. The number of aromatic amines is 1. The first-order valence-corrected chi connectivity index (χ1v) is 10.4. The van der Waals surface area contributed by atoms with Gasteiger partial charge in [-0.1, -0.05) is 12.1 Å². The van der Waals surface area contributed by atoms with Crippen LogP contribution in [0.2, 0.25) is 0 Å². The maximum Gasteiger partial charge on any atom is 0.433 e. The maximum absolute atomic E-state index is 13.7. The SMILES string of the molecule is COc1c(C)cc(-c2c(-c3ccc(S(C)(=O)=O)cc3)n[nH]c2C(F)(F)F)cc1C. The first-order chi connectivity index (χ1) is 13.4. The summed E-state index contributed by atoms with van der Waals surface area (Å²) in [6.45, 7) is 3.51. The van der Waals surface area contributed by atoms with Crippen LogP contribution in [0, 0.1) is 13.8 Å². The summed E-state index contributed by atoms with van der Waals surface area (Å²) in [7, 11) is -1.92. The van der Waals surface area contributed by atoms with E-state index in [9.17, 15) is 21.6 Å². The Hall–Kier alpha value is -2.81. The van der Waals surface area contributed by atoms with Gasteiger partial charge in [-0.25, -0.2) is 8.42 Å². The van der Waals surface area contributed by atoms with E-state index in [-0.39, 0.29) is 16.2 Å². The standard InChI is InChI=1S/C20H19F3N2O3S/c1-11-9-14(10-12(2)18(11)28-3)16-17(24-25-19(16)20(21,22)23)13-5-7-15(8-6-13)29(4,26)27/h5-10H,1-4H3,(H,24,25). The molecular formula is C20H19F3N2O3S. The molecule has 0 saturated heterocycles. The third-order valence-electron chi connectivity index (χ3n) is 4.56. The number of nitrogens with zero attached hydrogens (tertiary/aromatic N) is 1. The van der Waals surface area contributed by atoms with Crippen molar-refractivity contribution in [2.45, 2.75) is 24.9 Å². The minimum Gasteiger partial charge on any atom is -0.496 e. The summed E-state index contributed by atoms with van der Waals surface area (Å²) in [6, 6.07) is 8.81. The fraction of sp³-hybridized carbons (Fsp3) is 0.250. The van der Waals surface area contributed by atoms with Gasteiger partial charge in [-0.15, -0.1) is 0 Å². The number of aromatic nitrogens is 2. The average Bonchev–Trinajstić information content (AvgIpc) is 3.06. The van der Waals surface area contributed by atoms with Crippen LogP contribution in [0.5, 0.6) is 5.75 Å². The lowest BCUT2D eigenvalue weighted by molar-refractivity contribution is -0.140. The first-order valence-electron chi connectivity index (χ1n) is 8.55. The Kier molecular flexibility index (Phi) is 5.20. The van der Waals surface area contributed by atoms with Crippen molar-refractivity contribution in [1.29, 1.82) is 0 Å². The summed E-state index contributed by atoms with van der Waals surface area (Å²) in [5, 5.41) is 6.00. The molecule has 0 radical (unpaired) electrons. The molecule has 1 aromatic heterocycles. The molecule has 3 aromatic rings. The van der Waals surface area contributed by atoms with E-state index in [1.165, 1.54) is 31.4 Å². The predicted molar refractivity (Wildman–Crippen MR) is 104 cm³/mol. The molecule has 0 fully saturated rings. The summed E-state index contributed by atoms with van der Waals surface area (Å²) < 4.78 is 69.6. The van der Waals surface area contributed by atoms with E-state index in [1.807, 2.05) is 0 Å². The first kappa shape index (κ1) is 20.9. The number of ether oxygens (including phenoxy) is 1. The number of halogens is 3. The molecule has 0 unspecified atom stereocenters. The Bertz CT molecular complexity index is 1140. The molecule has 3 rings (SSSR count).